The first-order valence-corrected chi connectivity index (χ1v) is 5.54. The molecule has 5 heteroatoms. The van der Waals surface area contributed by atoms with Crippen molar-refractivity contribution >= 4 is 19.9 Å². The number of piperidine rings is 1. The summed E-state index contributed by atoms with van der Waals surface area (Å²) in [4.78, 5) is 0. The summed E-state index contributed by atoms with van der Waals surface area (Å²) in [6, 6.07) is 0. The van der Waals surface area contributed by atoms with Gasteiger partial charge in [0.2, 0.25) is 0 Å². The van der Waals surface area contributed by atoms with Crippen LogP contribution in [0.15, 0.2) is 0 Å². The average Bonchev–Trinajstić information content (AvgIpc) is 2.38. The molecule has 1 saturated heterocycles. The molecule has 0 N–H and O–H groups in total. The smallest absolute Gasteiger partial charge is 0.195 e. The summed E-state index contributed by atoms with van der Waals surface area (Å²) in [5.74, 6) is 1.24. The van der Waals surface area contributed by atoms with Crippen molar-refractivity contribution in [1.82, 2.24) is 4.31 Å². The first-order valence-electron chi connectivity index (χ1n) is 3.27. The molecule has 3 nitrogen and oxygen atoms in total. The number of nitrogens with zero attached hydrogens (tertiary/aromatic N) is 1. The lowest BCUT2D eigenvalue weighted by Gasteiger charge is -2.11. The molecule has 2 atom stereocenters. The molecule has 2 unspecified atom stereocenters. The number of halogens is 1. The zero-order valence-corrected chi connectivity index (χ0v) is 6.90. The Labute approximate surface area is 64.5 Å². The van der Waals surface area contributed by atoms with E-state index in [-0.39, 0.29) is 0 Å². The SMILES string of the molecule is O=S(=O)(Cl)N1CC2CC2C1. The van der Waals surface area contributed by atoms with Crippen molar-refractivity contribution in [2.45, 2.75) is 6.42 Å². The molecule has 2 rings (SSSR count). The van der Waals surface area contributed by atoms with Crippen molar-refractivity contribution < 1.29 is 8.42 Å². The van der Waals surface area contributed by atoms with Crippen LogP contribution < -0.4 is 0 Å². The fourth-order valence-corrected chi connectivity index (χ4v) is 2.61. The lowest BCUT2D eigenvalue weighted by atomic mass is 10.4. The Morgan fingerprint density at radius 1 is 1.30 bits per heavy atom. The Kier molecular flexibility index (Phi) is 1.29. The lowest BCUT2D eigenvalue weighted by Crippen LogP contribution is -2.25. The van der Waals surface area contributed by atoms with E-state index in [1.54, 1.807) is 0 Å². The first kappa shape index (κ1) is 6.88. The van der Waals surface area contributed by atoms with Crippen LogP contribution in [-0.2, 0) is 9.24 Å². The van der Waals surface area contributed by atoms with Crippen molar-refractivity contribution in [1.29, 1.82) is 0 Å². The Hall–Kier alpha value is 0.200. The maximum absolute atomic E-state index is 10.7. The molecule has 0 aromatic heterocycles. The zero-order valence-electron chi connectivity index (χ0n) is 5.33. The van der Waals surface area contributed by atoms with Gasteiger partial charge in [-0.05, 0) is 18.3 Å². The van der Waals surface area contributed by atoms with Crippen LogP contribution in [0.2, 0.25) is 0 Å². The van der Waals surface area contributed by atoms with E-state index in [1.165, 1.54) is 10.7 Å². The highest BCUT2D eigenvalue weighted by molar-refractivity contribution is 8.11. The van der Waals surface area contributed by atoms with Gasteiger partial charge in [0, 0.05) is 23.8 Å². The van der Waals surface area contributed by atoms with Gasteiger partial charge in [-0.2, -0.15) is 12.7 Å². The summed E-state index contributed by atoms with van der Waals surface area (Å²) >= 11 is 0. The van der Waals surface area contributed by atoms with Crippen LogP contribution in [0, 0.1) is 11.8 Å². The largest absolute Gasteiger partial charge is 0.299 e. The van der Waals surface area contributed by atoms with Crippen LogP contribution in [0.4, 0.5) is 0 Å². The molecule has 0 spiro atoms. The number of hydrogen-bond donors (Lipinski definition) is 0. The van der Waals surface area contributed by atoms with Gasteiger partial charge in [-0.25, -0.2) is 0 Å². The van der Waals surface area contributed by atoms with Gasteiger partial charge in [-0.15, -0.1) is 0 Å². The Balaban J connectivity index is 2.10. The molecule has 1 aliphatic heterocycles. The average molecular weight is 182 g/mol. The molecule has 1 saturated carbocycles. The highest BCUT2D eigenvalue weighted by atomic mass is 35.7. The van der Waals surface area contributed by atoms with E-state index in [9.17, 15) is 8.42 Å². The molecule has 0 aromatic carbocycles. The molecule has 2 aliphatic rings. The van der Waals surface area contributed by atoms with E-state index in [0.717, 1.165) is 0 Å². The molecule has 1 heterocycles. The molecule has 10 heavy (non-hydrogen) atoms. The molecule has 0 amide bonds. The van der Waals surface area contributed by atoms with E-state index < -0.39 is 9.24 Å². The fourth-order valence-electron chi connectivity index (χ4n) is 1.53. The third-order valence-corrected chi connectivity index (χ3v) is 3.75. The second kappa shape index (κ2) is 1.87. The van der Waals surface area contributed by atoms with Crippen molar-refractivity contribution in [3.8, 4) is 0 Å². The summed E-state index contributed by atoms with van der Waals surface area (Å²) in [5.41, 5.74) is 0. The van der Waals surface area contributed by atoms with Gasteiger partial charge in [0.15, 0.2) is 0 Å². The van der Waals surface area contributed by atoms with Gasteiger partial charge in [-0.1, -0.05) is 0 Å². The van der Waals surface area contributed by atoms with E-state index in [0.29, 0.717) is 24.9 Å². The minimum atomic E-state index is -3.40. The lowest BCUT2D eigenvalue weighted by molar-refractivity contribution is 0.455. The van der Waals surface area contributed by atoms with Gasteiger partial charge in [0.1, 0.15) is 0 Å². The second-order valence-corrected chi connectivity index (χ2v) is 5.53. The first-order chi connectivity index (χ1) is 4.57. The van der Waals surface area contributed by atoms with E-state index >= 15 is 0 Å². The van der Waals surface area contributed by atoms with E-state index in [2.05, 4.69) is 0 Å². The highest BCUT2D eigenvalue weighted by Gasteiger charge is 2.48. The van der Waals surface area contributed by atoms with Crippen LogP contribution in [0.25, 0.3) is 0 Å². The second-order valence-electron chi connectivity index (χ2n) is 3.01. The Morgan fingerprint density at radius 3 is 2.10 bits per heavy atom. The zero-order chi connectivity index (χ0) is 7.35. The Bertz CT molecular complexity index is 240. The van der Waals surface area contributed by atoms with E-state index in [1.807, 2.05) is 0 Å². The third-order valence-electron chi connectivity index (χ3n) is 2.25. The van der Waals surface area contributed by atoms with Gasteiger partial charge >= 0.3 is 0 Å². The summed E-state index contributed by atoms with van der Waals surface area (Å²) in [5, 5.41) is 0. The third kappa shape index (κ3) is 1.04. The molecule has 1 aliphatic carbocycles. The van der Waals surface area contributed by atoms with Crippen LogP contribution in [0.1, 0.15) is 6.42 Å². The minimum Gasteiger partial charge on any atom is -0.195 e. The number of hydrogen-bond acceptors (Lipinski definition) is 2. The quantitative estimate of drug-likeness (QED) is 0.550. The van der Waals surface area contributed by atoms with Gasteiger partial charge in [0.25, 0.3) is 9.24 Å². The van der Waals surface area contributed by atoms with Crippen molar-refractivity contribution in [2.75, 3.05) is 13.1 Å². The molecule has 0 aromatic rings. The predicted octanol–water partition coefficient (Wildman–Crippen LogP) is 0.422. The molecular formula is C5H8ClNO2S. The summed E-state index contributed by atoms with van der Waals surface area (Å²) in [6.45, 7) is 1.30. The molecule has 2 fully saturated rings. The molecular weight excluding hydrogens is 174 g/mol. The molecule has 0 bridgehead atoms. The van der Waals surface area contributed by atoms with Crippen molar-refractivity contribution in [3.63, 3.8) is 0 Å². The van der Waals surface area contributed by atoms with Gasteiger partial charge < -0.3 is 0 Å². The summed E-state index contributed by atoms with van der Waals surface area (Å²) in [6.07, 6.45) is 1.20. The standard InChI is InChI=1S/C5H8ClNO2S/c6-10(8,9)7-2-4-1-5(4)3-7/h4-5H,1-3H2. The fraction of sp³-hybridized carbons (Fsp3) is 1.00. The Morgan fingerprint density at radius 2 is 1.80 bits per heavy atom. The minimum absolute atomic E-state index is 0.619. The summed E-state index contributed by atoms with van der Waals surface area (Å²) < 4.78 is 22.7. The van der Waals surface area contributed by atoms with Crippen LogP contribution in [0.3, 0.4) is 0 Å². The monoisotopic (exact) mass is 181 g/mol. The van der Waals surface area contributed by atoms with Crippen molar-refractivity contribution in [2.24, 2.45) is 11.8 Å². The highest BCUT2D eigenvalue weighted by Crippen LogP contribution is 2.46. The van der Waals surface area contributed by atoms with Crippen LogP contribution >= 0.6 is 10.7 Å². The maximum Gasteiger partial charge on any atom is 0.299 e. The number of rotatable bonds is 1. The van der Waals surface area contributed by atoms with Gasteiger partial charge in [0.05, 0.1) is 0 Å². The van der Waals surface area contributed by atoms with Crippen molar-refractivity contribution in [3.05, 3.63) is 0 Å². The van der Waals surface area contributed by atoms with Crippen LogP contribution in [0.5, 0.6) is 0 Å². The topological polar surface area (TPSA) is 37.4 Å². The van der Waals surface area contributed by atoms with Crippen LogP contribution in [-0.4, -0.2) is 25.8 Å². The summed E-state index contributed by atoms with van der Waals surface area (Å²) in [7, 11) is 1.72. The normalized spacial score (nSPS) is 39.7. The molecule has 0 radical (unpaired) electrons. The van der Waals surface area contributed by atoms with E-state index in [4.69, 9.17) is 10.7 Å². The number of fused-ring (bicyclic) bond motifs is 1. The van der Waals surface area contributed by atoms with Gasteiger partial charge in [-0.3, -0.25) is 0 Å². The predicted molar refractivity (Wildman–Crippen MR) is 37.9 cm³/mol. The molecule has 58 valence electrons. The maximum atomic E-state index is 10.7.